The number of hydrogen-bond acceptors (Lipinski definition) is 2. The second kappa shape index (κ2) is 5.59. The number of nitrogens with one attached hydrogen (secondary N) is 2. The fourth-order valence-corrected chi connectivity index (χ4v) is 1.67. The molecule has 0 aliphatic rings. The summed E-state index contributed by atoms with van der Waals surface area (Å²) in [7, 11) is 0. The lowest BCUT2D eigenvalue weighted by atomic mass is 10.3. The van der Waals surface area contributed by atoms with E-state index in [-0.39, 0.29) is 0 Å². The van der Waals surface area contributed by atoms with Gasteiger partial charge in [0.25, 0.3) is 0 Å². The zero-order valence-electron chi connectivity index (χ0n) is 9.15. The molecule has 0 aliphatic carbocycles. The van der Waals surface area contributed by atoms with Crippen LogP contribution < -0.4 is 10.6 Å². The zero-order valence-corrected chi connectivity index (χ0v) is 10.7. The molecule has 2 amide bonds. The van der Waals surface area contributed by atoms with Crippen molar-refractivity contribution in [1.82, 2.24) is 4.98 Å². The van der Waals surface area contributed by atoms with Crippen molar-refractivity contribution in [2.75, 3.05) is 10.6 Å². The van der Waals surface area contributed by atoms with Gasteiger partial charge in [-0.3, -0.25) is 5.32 Å². The maximum Gasteiger partial charge on any atom is 0.324 e. The Morgan fingerprint density at radius 3 is 2.78 bits per heavy atom. The Balaban J connectivity index is 2.03. The van der Waals surface area contributed by atoms with E-state index in [4.69, 9.17) is 0 Å². The highest BCUT2D eigenvalue weighted by Crippen LogP contribution is 2.18. The second-order valence-electron chi connectivity index (χ2n) is 3.42. The van der Waals surface area contributed by atoms with E-state index in [1.807, 2.05) is 0 Å². The van der Waals surface area contributed by atoms with Crippen LogP contribution in [0.25, 0.3) is 0 Å². The highest BCUT2D eigenvalue weighted by molar-refractivity contribution is 9.10. The molecule has 2 N–H and O–H groups in total. The number of hydrogen-bond donors (Lipinski definition) is 2. The van der Waals surface area contributed by atoms with Gasteiger partial charge in [-0.05, 0) is 46.3 Å². The SMILES string of the molecule is O=C(Nc1cccc(F)c1)Nc1ncccc1Br. The minimum atomic E-state index is -0.486. The number of nitrogens with zero attached hydrogens (tertiary/aromatic N) is 1. The van der Waals surface area contributed by atoms with Crippen molar-refractivity contribution in [2.45, 2.75) is 0 Å². The molecule has 2 rings (SSSR count). The Labute approximate surface area is 111 Å². The molecule has 0 spiro atoms. The van der Waals surface area contributed by atoms with Gasteiger partial charge >= 0.3 is 6.03 Å². The topological polar surface area (TPSA) is 54.0 Å². The lowest BCUT2D eigenvalue weighted by molar-refractivity contribution is 0.262. The van der Waals surface area contributed by atoms with Crippen LogP contribution in [0.1, 0.15) is 0 Å². The molecule has 0 aliphatic heterocycles. The van der Waals surface area contributed by atoms with Crippen LogP contribution in [0.2, 0.25) is 0 Å². The average molecular weight is 310 g/mol. The summed E-state index contributed by atoms with van der Waals surface area (Å²) in [5.41, 5.74) is 0.375. The van der Waals surface area contributed by atoms with Crippen LogP contribution in [0.15, 0.2) is 47.1 Å². The number of urea groups is 1. The molecular formula is C12H9BrFN3O. The molecule has 0 fully saturated rings. The van der Waals surface area contributed by atoms with Gasteiger partial charge in [-0.2, -0.15) is 0 Å². The highest BCUT2D eigenvalue weighted by atomic mass is 79.9. The first-order chi connectivity index (χ1) is 8.65. The first kappa shape index (κ1) is 12.5. The van der Waals surface area contributed by atoms with Gasteiger partial charge in [0.2, 0.25) is 0 Å². The van der Waals surface area contributed by atoms with Crippen molar-refractivity contribution in [3.05, 3.63) is 52.9 Å². The molecule has 1 heterocycles. The van der Waals surface area contributed by atoms with E-state index in [9.17, 15) is 9.18 Å². The summed E-state index contributed by atoms with van der Waals surface area (Å²) >= 11 is 3.26. The summed E-state index contributed by atoms with van der Waals surface area (Å²) in [4.78, 5) is 15.6. The van der Waals surface area contributed by atoms with Gasteiger partial charge in [0.1, 0.15) is 11.6 Å². The third kappa shape index (κ3) is 3.27. The maximum absolute atomic E-state index is 12.9. The number of carbonyl (C=O) groups is 1. The summed E-state index contributed by atoms with van der Waals surface area (Å²) in [6.45, 7) is 0. The minimum Gasteiger partial charge on any atom is -0.308 e. The van der Waals surface area contributed by atoms with Crippen molar-refractivity contribution >= 4 is 33.5 Å². The van der Waals surface area contributed by atoms with E-state index in [1.165, 1.54) is 18.2 Å². The lowest BCUT2D eigenvalue weighted by Gasteiger charge is -2.07. The van der Waals surface area contributed by atoms with Crippen LogP contribution in [-0.4, -0.2) is 11.0 Å². The first-order valence-electron chi connectivity index (χ1n) is 5.09. The summed E-state index contributed by atoms with van der Waals surface area (Å²) in [5.74, 6) is -0.0155. The number of halogens is 2. The largest absolute Gasteiger partial charge is 0.324 e. The van der Waals surface area contributed by atoms with Gasteiger partial charge in [-0.15, -0.1) is 0 Å². The first-order valence-corrected chi connectivity index (χ1v) is 5.88. The molecule has 6 heteroatoms. The van der Waals surface area contributed by atoms with Gasteiger partial charge < -0.3 is 5.32 Å². The van der Waals surface area contributed by atoms with E-state index >= 15 is 0 Å². The molecule has 0 atom stereocenters. The van der Waals surface area contributed by atoms with Gasteiger partial charge in [-0.1, -0.05) is 6.07 Å². The van der Waals surface area contributed by atoms with Crippen LogP contribution in [0.4, 0.5) is 20.7 Å². The Kier molecular flexibility index (Phi) is 3.88. The number of pyridine rings is 1. The lowest BCUT2D eigenvalue weighted by Crippen LogP contribution is -2.20. The summed E-state index contributed by atoms with van der Waals surface area (Å²) in [6.07, 6.45) is 1.56. The molecule has 0 saturated carbocycles. The molecule has 1 aromatic carbocycles. The van der Waals surface area contributed by atoms with E-state index < -0.39 is 11.8 Å². The van der Waals surface area contributed by atoms with Gasteiger partial charge in [0, 0.05) is 11.9 Å². The van der Waals surface area contributed by atoms with Crippen LogP contribution in [0, 0.1) is 5.82 Å². The molecule has 1 aromatic heterocycles. The van der Waals surface area contributed by atoms with Gasteiger partial charge in [0.15, 0.2) is 0 Å². The van der Waals surface area contributed by atoms with Crippen molar-refractivity contribution in [3.63, 3.8) is 0 Å². The molecule has 0 bridgehead atoms. The summed E-state index contributed by atoms with van der Waals surface area (Å²) < 4.78 is 13.6. The Morgan fingerprint density at radius 2 is 2.06 bits per heavy atom. The molecule has 0 unspecified atom stereocenters. The molecular weight excluding hydrogens is 301 g/mol. The van der Waals surface area contributed by atoms with Gasteiger partial charge in [0.05, 0.1) is 4.47 Å². The standard InChI is InChI=1S/C12H9BrFN3O/c13-10-5-2-6-15-11(10)17-12(18)16-9-4-1-3-8(14)7-9/h1-7H,(H2,15,16,17,18). The number of carbonyl (C=O) groups excluding carboxylic acids is 1. The monoisotopic (exact) mass is 309 g/mol. The van der Waals surface area contributed by atoms with Crippen LogP contribution >= 0.6 is 15.9 Å². The van der Waals surface area contributed by atoms with Crippen molar-refractivity contribution in [2.24, 2.45) is 0 Å². The van der Waals surface area contributed by atoms with Crippen LogP contribution in [0.5, 0.6) is 0 Å². The molecule has 92 valence electrons. The Bertz CT molecular complexity index is 577. The molecule has 4 nitrogen and oxygen atoms in total. The van der Waals surface area contributed by atoms with E-state index in [0.29, 0.717) is 16.0 Å². The quantitative estimate of drug-likeness (QED) is 0.890. The van der Waals surface area contributed by atoms with Crippen LogP contribution in [0.3, 0.4) is 0 Å². The minimum absolute atomic E-state index is 0.375. The Morgan fingerprint density at radius 1 is 1.22 bits per heavy atom. The van der Waals surface area contributed by atoms with E-state index in [1.54, 1.807) is 24.4 Å². The number of rotatable bonds is 2. The third-order valence-corrected chi connectivity index (χ3v) is 2.71. The fourth-order valence-electron chi connectivity index (χ4n) is 1.31. The molecule has 18 heavy (non-hydrogen) atoms. The average Bonchev–Trinajstić information content (AvgIpc) is 2.32. The third-order valence-electron chi connectivity index (χ3n) is 2.07. The molecule has 0 radical (unpaired) electrons. The maximum atomic E-state index is 12.9. The molecule has 2 aromatic rings. The zero-order chi connectivity index (χ0) is 13.0. The van der Waals surface area contributed by atoms with Gasteiger partial charge in [-0.25, -0.2) is 14.2 Å². The number of amides is 2. The summed E-state index contributed by atoms with van der Waals surface area (Å²) in [6, 6.07) is 8.65. The predicted molar refractivity (Wildman–Crippen MR) is 71.0 cm³/mol. The van der Waals surface area contributed by atoms with E-state index in [0.717, 1.165) is 0 Å². The smallest absolute Gasteiger partial charge is 0.308 e. The normalized spacial score (nSPS) is 9.89. The highest BCUT2D eigenvalue weighted by Gasteiger charge is 2.06. The molecule has 0 saturated heterocycles. The Hall–Kier alpha value is -1.95. The summed E-state index contributed by atoms with van der Waals surface area (Å²) in [5, 5.41) is 5.06. The number of anilines is 2. The van der Waals surface area contributed by atoms with Crippen molar-refractivity contribution in [1.29, 1.82) is 0 Å². The van der Waals surface area contributed by atoms with E-state index in [2.05, 4.69) is 31.5 Å². The van der Waals surface area contributed by atoms with Crippen molar-refractivity contribution < 1.29 is 9.18 Å². The number of aromatic nitrogens is 1. The van der Waals surface area contributed by atoms with Crippen LogP contribution in [-0.2, 0) is 0 Å². The number of benzene rings is 1. The van der Waals surface area contributed by atoms with Crippen molar-refractivity contribution in [3.8, 4) is 0 Å². The second-order valence-corrected chi connectivity index (χ2v) is 4.28. The fraction of sp³-hybridized carbons (Fsp3) is 0. The predicted octanol–water partition coefficient (Wildman–Crippen LogP) is 3.63.